The molecule has 1 unspecified atom stereocenters. The number of anilines is 1. The molecule has 104 valence electrons. The van der Waals surface area contributed by atoms with E-state index >= 15 is 0 Å². The van der Waals surface area contributed by atoms with E-state index in [0.717, 1.165) is 16.8 Å². The van der Waals surface area contributed by atoms with Crippen LogP contribution >= 0.6 is 11.8 Å². The summed E-state index contributed by atoms with van der Waals surface area (Å²) in [6.07, 6.45) is 0. The molecule has 0 fully saturated rings. The molecule has 1 aliphatic rings. The first-order valence-electron chi connectivity index (χ1n) is 6.81. The molecule has 0 aromatic heterocycles. The second kappa shape index (κ2) is 4.74. The summed E-state index contributed by atoms with van der Waals surface area (Å²) < 4.78 is 0. The molecule has 2 N–H and O–H groups in total. The maximum Gasteiger partial charge on any atom is 0.125 e. The van der Waals surface area contributed by atoms with Gasteiger partial charge in [-0.2, -0.15) is 0 Å². The van der Waals surface area contributed by atoms with Crippen LogP contribution in [0.15, 0.2) is 47.4 Å². The van der Waals surface area contributed by atoms with Crippen molar-refractivity contribution in [1.82, 2.24) is 0 Å². The van der Waals surface area contributed by atoms with Crippen molar-refractivity contribution < 1.29 is 5.11 Å². The van der Waals surface area contributed by atoms with Crippen molar-refractivity contribution >= 4 is 17.4 Å². The van der Waals surface area contributed by atoms with Crippen LogP contribution < -0.4 is 5.32 Å². The Morgan fingerprint density at radius 1 is 1.05 bits per heavy atom. The Hall–Kier alpha value is -1.61. The molecule has 20 heavy (non-hydrogen) atoms. The standard InChI is InChI=1S/C17H19NOS/c1-17(2,3)12-8-6-7-11(15(12)19)16-18-13-9-4-5-10-14(13)20-16/h4-10,16,18-19H,1-3H3. The third-order valence-electron chi connectivity index (χ3n) is 3.58. The molecule has 0 saturated carbocycles. The maximum atomic E-state index is 10.6. The molecule has 0 spiro atoms. The van der Waals surface area contributed by atoms with Gasteiger partial charge < -0.3 is 10.4 Å². The highest BCUT2D eigenvalue weighted by atomic mass is 32.2. The van der Waals surface area contributed by atoms with Crippen molar-refractivity contribution in [3.63, 3.8) is 0 Å². The number of thioether (sulfide) groups is 1. The number of phenolic OH excluding ortho intramolecular Hbond substituents is 1. The number of nitrogens with one attached hydrogen (secondary N) is 1. The lowest BCUT2D eigenvalue weighted by Crippen LogP contribution is -2.13. The average Bonchev–Trinajstić information content (AvgIpc) is 2.81. The van der Waals surface area contributed by atoms with E-state index in [1.165, 1.54) is 4.90 Å². The van der Waals surface area contributed by atoms with Crippen LogP contribution in [0.5, 0.6) is 5.75 Å². The molecule has 1 heterocycles. The van der Waals surface area contributed by atoms with Crippen LogP contribution in [0.3, 0.4) is 0 Å². The molecular formula is C17H19NOS. The van der Waals surface area contributed by atoms with E-state index in [1.54, 1.807) is 11.8 Å². The van der Waals surface area contributed by atoms with E-state index in [-0.39, 0.29) is 10.8 Å². The quantitative estimate of drug-likeness (QED) is 0.781. The summed E-state index contributed by atoms with van der Waals surface area (Å²) in [5.74, 6) is 0.415. The molecule has 2 aromatic carbocycles. The van der Waals surface area contributed by atoms with E-state index in [4.69, 9.17) is 0 Å². The molecular weight excluding hydrogens is 266 g/mol. The minimum atomic E-state index is -0.0593. The Balaban J connectivity index is 1.98. The van der Waals surface area contributed by atoms with Crippen LogP contribution in [0.2, 0.25) is 0 Å². The largest absolute Gasteiger partial charge is 0.507 e. The van der Waals surface area contributed by atoms with Gasteiger partial charge in [0.05, 0.1) is 0 Å². The minimum Gasteiger partial charge on any atom is -0.507 e. The van der Waals surface area contributed by atoms with Gasteiger partial charge in [0.2, 0.25) is 0 Å². The van der Waals surface area contributed by atoms with Crippen molar-refractivity contribution in [2.75, 3.05) is 5.32 Å². The van der Waals surface area contributed by atoms with E-state index in [0.29, 0.717) is 5.75 Å². The number of benzene rings is 2. The Morgan fingerprint density at radius 2 is 1.80 bits per heavy atom. The van der Waals surface area contributed by atoms with E-state index < -0.39 is 0 Å². The highest BCUT2D eigenvalue weighted by Gasteiger charge is 2.27. The molecule has 0 amide bonds. The summed E-state index contributed by atoms with van der Waals surface area (Å²) in [6, 6.07) is 14.3. The number of aromatic hydroxyl groups is 1. The van der Waals surface area contributed by atoms with Crippen LogP contribution in [0, 0.1) is 0 Å². The summed E-state index contributed by atoms with van der Waals surface area (Å²) in [6.45, 7) is 6.36. The highest BCUT2D eigenvalue weighted by Crippen LogP contribution is 2.49. The number of rotatable bonds is 1. The highest BCUT2D eigenvalue weighted by molar-refractivity contribution is 8.00. The fourth-order valence-electron chi connectivity index (χ4n) is 2.51. The SMILES string of the molecule is CC(C)(C)c1cccc(C2Nc3ccccc3S2)c1O. The number of fused-ring (bicyclic) bond motifs is 1. The van der Waals surface area contributed by atoms with Crippen LogP contribution in [0.25, 0.3) is 0 Å². The van der Waals surface area contributed by atoms with Crippen molar-refractivity contribution in [3.8, 4) is 5.75 Å². The number of phenols is 1. The van der Waals surface area contributed by atoms with Gasteiger partial charge in [-0.05, 0) is 23.1 Å². The van der Waals surface area contributed by atoms with E-state index in [9.17, 15) is 5.11 Å². The Bertz CT molecular complexity index is 621. The lowest BCUT2D eigenvalue weighted by atomic mass is 9.85. The van der Waals surface area contributed by atoms with Crippen LogP contribution in [-0.4, -0.2) is 5.11 Å². The Kier molecular flexibility index (Phi) is 3.17. The van der Waals surface area contributed by atoms with E-state index in [1.807, 2.05) is 30.3 Å². The van der Waals surface area contributed by atoms with Gasteiger partial charge in [0.1, 0.15) is 11.1 Å². The third-order valence-corrected chi connectivity index (χ3v) is 4.79. The van der Waals surface area contributed by atoms with E-state index in [2.05, 4.69) is 38.2 Å². The first kappa shape index (κ1) is 13.4. The van der Waals surface area contributed by atoms with Gasteiger partial charge in [0.25, 0.3) is 0 Å². The minimum absolute atomic E-state index is 0.0593. The average molecular weight is 285 g/mol. The van der Waals surface area contributed by atoms with Crippen LogP contribution in [-0.2, 0) is 5.41 Å². The fourth-order valence-corrected chi connectivity index (χ4v) is 3.67. The number of hydrogen-bond acceptors (Lipinski definition) is 3. The monoisotopic (exact) mass is 285 g/mol. The second-order valence-corrected chi connectivity index (χ2v) is 7.28. The molecule has 2 nitrogen and oxygen atoms in total. The summed E-state index contributed by atoms with van der Waals surface area (Å²) in [5, 5.41) is 14.2. The predicted molar refractivity (Wildman–Crippen MR) is 85.5 cm³/mol. The Morgan fingerprint density at radius 3 is 2.50 bits per heavy atom. The maximum absolute atomic E-state index is 10.6. The fraction of sp³-hybridized carbons (Fsp3) is 0.294. The normalized spacial score (nSPS) is 17.6. The summed E-state index contributed by atoms with van der Waals surface area (Å²) in [5.41, 5.74) is 3.03. The van der Waals surface area contributed by atoms with Gasteiger partial charge in [-0.25, -0.2) is 0 Å². The zero-order valence-corrected chi connectivity index (χ0v) is 12.8. The molecule has 1 aliphatic heterocycles. The van der Waals surface area contributed by atoms with Gasteiger partial charge in [-0.3, -0.25) is 0 Å². The lowest BCUT2D eigenvalue weighted by molar-refractivity contribution is 0.441. The van der Waals surface area contributed by atoms with Crippen molar-refractivity contribution in [1.29, 1.82) is 0 Å². The van der Waals surface area contributed by atoms with Crippen molar-refractivity contribution in [3.05, 3.63) is 53.6 Å². The first-order chi connectivity index (χ1) is 9.47. The smallest absolute Gasteiger partial charge is 0.125 e. The topological polar surface area (TPSA) is 32.3 Å². The van der Waals surface area contributed by atoms with Gasteiger partial charge >= 0.3 is 0 Å². The molecule has 0 radical (unpaired) electrons. The zero-order chi connectivity index (χ0) is 14.3. The van der Waals surface area contributed by atoms with Gasteiger partial charge in [0.15, 0.2) is 0 Å². The Labute approximate surface area is 124 Å². The molecule has 2 aromatic rings. The van der Waals surface area contributed by atoms with Crippen LogP contribution in [0.4, 0.5) is 5.69 Å². The molecule has 1 atom stereocenters. The second-order valence-electron chi connectivity index (χ2n) is 6.13. The molecule has 3 heteroatoms. The summed E-state index contributed by atoms with van der Waals surface area (Å²) in [7, 11) is 0. The molecule has 0 bridgehead atoms. The molecule has 0 saturated heterocycles. The zero-order valence-electron chi connectivity index (χ0n) is 12.0. The van der Waals surface area contributed by atoms with Gasteiger partial charge in [-0.15, -0.1) is 0 Å². The summed E-state index contributed by atoms with van der Waals surface area (Å²) in [4.78, 5) is 1.23. The van der Waals surface area contributed by atoms with Crippen LogP contribution in [0.1, 0.15) is 37.3 Å². The van der Waals surface area contributed by atoms with Gasteiger partial charge in [-0.1, -0.05) is 62.9 Å². The predicted octanol–water partition coefficient (Wildman–Crippen LogP) is 4.91. The van der Waals surface area contributed by atoms with Crippen molar-refractivity contribution in [2.24, 2.45) is 0 Å². The van der Waals surface area contributed by atoms with Crippen molar-refractivity contribution in [2.45, 2.75) is 36.5 Å². The van der Waals surface area contributed by atoms with Gasteiger partial charge in [0, 0.05) is 16.1 Å². The summed E-state index contributed by atoms with van der Waals surface area (Å²) >= 11 is 1.75. The third kappa shape index (κ3) is 2.27. The molecule has 3 rings (SSSR count). The molecule has 0 aliphatic carbocycles. The number of hydrogen-bond donors (Lipinski definition) is 2. The lowest BCUT2D eigenvalue weighted by Gasteiger charge is -2.23. The first-order valence-corrected chi connectivity index (χ1v) is 7.69. The number of para-hydroxylation sites is 2.